The van der Waals surface area contributed by atoms with E-state index in [1.807, 2.05) is 12.3 Å². The number of likely N-dealkylation sites (N-methyl/N-ethyl adjacent to an activating group) is 1. The number of H-pyrrole nitrogens is 1. The molecule has 2 aliphatic heterocycles. The van der Waals surface area contributed by atoms with Gasteiger partial charge in [0, 0.05) is 43.6 Å². The van der Waals surface area contributed by atoms with Crippen LogP contribution in [-0.2, 0) is 13.1 Å². The van der Waals surface area contributed by atoms with Gasteiger partial charge in [0.05, 0.1) is 18.8 Å². The van der Waals surface area contributed by atoms with Crippen molar-refractivity contribution in [1.82, 2.24) is 25.1 Å². The first kappa shape index (κ1) is 17.9. The summed E-state index contributed by atoms with van der Waals surface area (Å²) in [5, 5.41) is 10.8. The fraction of sp³-hybridized carbons (Fsp3) is 0.350. The Morgan fingerprint density at radius 1 is 1.00 bits per heavy atom. The number of nitrogens with zero attached hydrogens (tertiary/aromatic N) is 6. The van der Waals surface area contributed by atoms with Crippen LogP contribution in [0.2, 0.25) is 0 Å². The predicted molar refractivity (Wildman–Crippen MR) is 110 cm³/mol. The van der Waals surface area contributed by atoms with Crippen molar-refractivity contribution < 1.29 is 4.39 Å². The topological polar surface area (TPSA) is 76.2 Å². The lowest BCUT2D eigenvalue weighted by atomic mass is 10.2. The van der Waals surface area contributed by atoms with Gasteiger partial charge >= 0.3 is 0 Å². The van der Waals surface area contributed by atoms with Crippen molar-refractivity contribution in [2.45, 2.75) is 13.1 Å². The van der Waals surface area contributed by atoms with E-state index in [1.165, 1.54) is 12.1 Å². The summed E-state index contributed by atoms with van der Waals surface area (Å²) >= 11 is 0. The summed E-state index contributed by atoms with van der Waals surface area (Å²) in [6.07, 6.45) is 1.83. The van der Waals surface area contributed by atoms with E-state index in [0.29, 0.717) is 13.1 Å². The van der Waals surface area contributed by atoms with Crippen LogP contribution in [0.3, 0.4) is 0 Å². The van der Waals surface area contributed by atoms with Crippen LogP contribution in [-0.4, -0.2) is 58.3 Å². The minimum atomic E-state index is -0.256. The predicted octanol–water partition coefficient (Wildman–Crippen LogP) is 2.35. The Labute approximate surface area is 168 Å². The number of halogens is 1. The number of hydrogen-bond acceptors (Lipinski definition) is 7. The minimum Gasteiger partial charge on any atom is -0.346 e. The molecule has 150 valence electrons. The average molecular weight is 394 g/mol. The highest BCUT2D eigenvalue weighted by atomic mass is 19.1. The van der Waals surface area contributed by atoms with Gasteiger partial charge in [0.15, 0.2) is 5.82 Å². The summed E-state index contributed by atoms with van der Waals surface area (Å²) in [6, 6.07) is 8.22. The Bertz CT molecular complexity index is 994. The summed E-state index contributed by atoms with van der Waals surface area (Å²) in [6.45, 7) is 5.34. The van der Waals surface area contributed by atoms with Crippen molar-refractivity contribution in [3.63, 3.8) is 0 Å². The molecule has 0 bridgehead atoms. The number of hydrogen-bond donors (Lipinski definition) is 2. The fourth-order valence-corrected chi connectivity index (χ4v) is 3.75. The molecule has 0 unspecified atom stereocenters. The highest BCUT2D eigenvalue weighted by Gasteiger charge is 2.27. The van der Waals surface area contributed by atoms with Crippen LogP contribution in [0.25, 0.3) is 0 Å². The molecule has 0 atom stereocenters. The van der Waals surface area contributed by atoms with E-state index in [-0.39, 0.29) is 5.82 Å². The summed E-state index contributed by atoms with van der Waals surface area (Å²) in [4.78, 5) is 16.1. The summed E-state index contributed by atoms with van der Waals surface area (Å²) in [5.74, 6) is 2.21. The quantitative estimate of drug-likeness (QED) is 0.703. The van der Waals surface area contributed by atoms with E-state index in [4.69, 9.17) is 4.98 Å². The molecule has 1 saturated heterocycles. The van der Waals surface area contributed by atoms with Crippen molar-refractivity contribution in [1.29, 1.82) is 0 Å². The molecule has 3 aromatic rings. The molecule has 9 heteroatoms. The molecule has 2 aliphatic rings. The molecule has 0 saturated carbocycles. The van der Waals surface area contributed by atoms with E-state index in [9.17, 15) is 4.39 Å². The first-order valence-corrected chi connectivity index (χ1v) is 9.76. The zero-order valence-corrected chi connectivity index (χ0v) is 16.3. The molecule has 1 aromatic carbocycles. The van der Waals surface area contributed by atoms with Crippen LogP contribution in [0.15, 0.2) is 36.5 Å². The van der Waals surface area contributed by atoms with E-state index < -0.39 is 0 Å². The van der Waals surface area contributed by atoms with Crippen molar-refractivity contribution in [2.75, 3.05) is 48.3 Å². The normalized spacial score (nSPS) is 16.9. The highest BCUT2D eigenvalue weighted by molar-refractivity contribution is 5.63. The van der Waals surface area contributed by atoms with Gasteiger partial charge in [-0.05, 0) is 37.4 Å². The molecule has 2 N–H and O–H groups in total. The Kier molecular flexibility index (Phi) is 4.51. The van der Waals surface area contributed by atoms with Crippen LogP contribution in [0, 0.1) is 5.82 Å². The van der Waals surface area contributed by atoms with Crippen molar-refractivity contribution >= 4 is 23.3 Å². The molecule has 0 spiro atoms. The number of nitrogens with one attached hydrogen (secondary N) is 2. The molecular weight excluding hydrogens is 371 g/mol. The molecule has 0 radical (unpaired) electrons. The van der Waals surface area contributed by atoms with Crippen molar-refractivity contribution in [3.05, 3.63) is 53.6 Å². The third-order valence-corrected chi connectivity index (χ3v) is 5.50. The van der Waals surface area contributed by atoms with E-state index in [2.05, 4.69) is 42.2 Å². The molecule has 1 fully saturated rings. The Hall–Kier alpha value is -3.20. The number of anilines is 4. The maximum atomic E-state index is 13.1. The number of rotatable bonds is 4. The first-order valence-electron chi connectivity index (χ1n) is 9.76. The van der Waals surface area contributed by atoms with Crippen molar-refractivity contribution in [3.8, 4) is 0 Å². The highest BCUT2D eigenvalue weighted by Crippen LogP contribution is 2.32. The van der Waals surface area contributed by atoms with Crippen LogP contribution in [0.1, 0.15) is 11.3 Å². The largest absolute Gasteiger partial charge is 0.346 e. The lowest BCUT2D eigenvalue weighted by Crippen LogP contribution is -2.45. The third-order valence-electron chi connectivity index (χ3n) is 5.50. The van der Waals surface area contributed by atoms with Crippen LogP contribution in [0.5, 0.6) is 0 Å². The summed E-state index contributed by atoms with van der Waals surface area (Å²) in [7, 11) is 2.14. The maximum absolute atomic E-state index is 13.1. The minimum absolute atomic E-state index is 0.256. The zero-order valence-electron chi connectivity index (χ0n) is 16.3. The second-order valence-electron chi connectivity index (χ2n) is 7.52. The molecule has 4 heterocycles. The van der Waals surface area contributed by atoms with Gasteiger partial charge < -0.3 is 20.0 Å². The molecule has 0 amide bonds. The Morgan fingerprint density at radius 3 is 2.59 bits per heavy atom. The van der Waals surface area contributed by atoms with Crippen LogP contribution >= 0.6 is 0 Å². The molecule has 29 heavy (non-hydrogen) atoms. The molecule has 8 nitrogen and oxygen atoms in total. The van der Waals surface area contributed by atoms with Gasteiger partial charge in [-0.25, -0.2) is 9.37 Å². The number of aromatic amines is 1. The van der Waals surface area contributed by atoms with Gasteiger partial charge in [-0.2, -0.15) is 10.1 Å². The lowest BCUT2D eigenvalue weighted by molar-refractivity contribution is 0.311. The van der Waals surface area contributed by atoms with Crippen LogP contribution < -0.4 is 15.1 Å². The summed E-state index contributed by atoms with van der Waals surface area (Å²) in [5.41, 5.74) is 2.97. The Morgan fingerprint density at radius 2 is 1.79 bits per heavy atom. The van der Waals surface area contributed by atoms with E-state index in [0.717, 1.165) is 60.7 Å². The standard InChI is InChI=1S/C20H23FN8/c1-27-8-10-28(11-9-27)20-22-7-6-18(24-20)29-12-16-17(13-29)25-26-19(16)23-15-4-2-14(21)3-5-15/h2-7H,8-13H2,1H3,(H2,23,25,26). The summed E-state index contributed by atoms with van der Waals surface area (Å²) < 4.78 is 13.1. The molecule has 0 aliphatic carbocycles. The number of aromatic nitrogens is 4. The Balaban J connectivity index is 1.31. The molecule has 5 rings (SSSR count). The van der Waals surface area contributed by atoms with Crippen LogP contribution in [0.4, 0.5) is 27.7 Å². The van der Waals surface area contributed by atoms with Gasteiger partial charge in [-0.1, -0.05) is 0 Å². The SMILES string of the molecule is CN1CCN(c2nccc(N3Cc4[nH]nc(Nc5ccc(F)cc5)c4C3)n2)CC1. The maximum Gasteiger partial charge on any atom is 0.227 e. The second kappa shape index (κ2) is 7.32. The lowest BCUT2D eigenvalue weighted by Gasteiger charge is -2.32. The monoisotopic (exact) mass is 394 g/mol. The second-order valence-corrected chi connectivity index (χ2v) is 7.52. The van der Waals surface area contributed by atoms with Gasteiger partial charge in [0.25, 0.3) is 0 Å². The number of fused-ring (bicyclic) bond motifs is 1. The van der Waals surface area contributed by atoms with Gasteiger partial charge in [-0.15, -0.1) is 0 Å². The molecule has 2 aromatic heterocycles. The average Bonchev–Trinajstić information content (AvgIpc) is 3.32. The van der Waals surface area contributed by atoms with E-state index >= 15 is 0 Å². The molecular formula is C20H23FN8. The number of piperazine rings is 1. The zero-order chi connectivity index (χ0) is 19.8. The smallest absolute Gasteiger partial charge is 0.227 e. The fourth-order valence-electron chi connectivity index (χ4n) is 3.75. The van der Waals surface area contributed by atoms with Gasteiger partial charge in [-0.3, -0.25) is 5.10 Å². The van der Waals surface area contributed by atoms with Gasteiger partial charge in [0.1, 0.15) is 11.6 Å². The van der Waals surface area contributed by atoms with Crippen molar-refractivity contribution in [2.24, 2.45) is 0 Å². The third kappa shape index (κ3) is 3.61. The first-order chi connectivity index (χ1) is 14.2. The van der Waals surface area contributed by atoms with Gasteiger partial charge in [0.2, 0.25) is 5.95 Å². The number of benzene rings is 1. The van der Waals surface area contributed by atoms with E-state index in [1.54, 1.807) is 12.1 Å².